The lowest BCUT2D eigenvalue weighted by atomic mass is 10.1. The van der Waals surface area contributed by atoms with E-state index in [2.05, 4.69) is 16.2 Å². The summed E-state index contributed by atoms with van der Waals surface area (Å²) in [4.78, 5) is 12.2. The van der Waals surface area contributed by atoms with Crippen LogP contribution in [-0.4, -0.2) is 11.0 Å². The molecule has 2 aromatic carbocycles. The van der Waals surface area contributed by atoms with Crippen molar-refractivity contribution in [3.63, 3.8) is 0 Å². The summed E-state index contributed by atoms with van der Waals surface area (Å²) < 4.78 is 0. The Bertz CT molecular complexity index is 746. The molecule has 3 rings (SSSR count). The number of hydrogen-bond acceptors (Lipinski definition) is 2. The molecule has 0 bridgehead atoms. The number of hydrogen-bond donors (Lipinski definition) is 3. The highest BCUT2D eigenvalue weighted by Crippen LogP contribution is 2.47. The molecule has 0 unspecified atom stereocenters. The zero-order chi connectivity index (χ0) is 17.1. The predicted octanol–water partition coefficient (Wildman–Crippen LogP) is 3.77. The Morgan fingerprint density at radius 2 is 1.75 bits per heavy atom. The van der Waals surface area contributed by atoms with E-state index in [9.17, 15) is 4.79 Å². The molecule has 0 heterocycles. The lowest BCUT2D eigenvalue weighted by Crippen LogP contribution is -2.44. The van der Waals surface area contributed by atoms with E-state index in [0.29, 0.717) is 10.1 Å². The minimum Gasteiger partial charge on any atom is -0.331 e. The summed E-state index contributed by atoms with van der Waals surface area (Å²) in [7, 11) is 0. The third kappa shape index (κ3) is 4.24. The molecule has 0 aliphatic heterocycles. The molecule has 3 N–H and O–H groups in total. The Morgan fingerprint density at radius 3 is 2.42 bits per heavy atom. The molecule has 1 fully saturated rings. The van der Waals surface area contributed by atoms with E-state index in [0.717, 1.165) is 17.7 Å². The highest BCUT2D eigenvalue weighted by molar-refractivity contribution is 7.80. The van der Waals surface area contributed by atoms with Crippen LogP contribution >= 0.6 is 23.8 Å². The van der Waals surface area contributed by atoms with E-state index >= 15 is 0 Å². The first-order valence-electron chi connectivity index (χ1n) is 7.72. The molecule has 124 valence electrons. The fraction of sp³-hybridized carbons (Fsp3) is 0.222. The van der Waals surface area contributed by atoms with Gasteiger partial charge in [0.1, 0.15) is 0 Å². The van der Waals surface area contributed by atoms with Gasteiger partial charge in [0.25, 0.3) is 0 Å². The molecule has 2 aromatic rings. The van der Waals surface area contributed by atoms with Crippen LogP contribution in [0.2, 0.25) is 5.02 Å². The first-order valence-corrected chi connectivity index (χ1v) is 8.50. The Kier molecular flexibility index (Phi) is 5.02. The number of amides is 1. The predicted molar refractivity (Wildman–Crippen MR) is 101 cm³/mol. The normalized spacial score (nSPS) is 18.6. The molecule has 24 heavy (non-hydrogen) atoms. The van der Waals surface area contributed by atoms with Crippen LogP contribution in [0.25, 0.3) is 0 Å². The summed E-state index contributed by atoms with van der Waals surface area (Å²) in [6, 6.07) is 15.5. The quantitative estimate of drug-likeness (QED) is 0.577. The molecule has 4 nitrogen and oxygen atoms in total. The number of anilines is 1. The van der Waals surface area contributed by atoms with E-state index in [1.807, 2.05) is 55.5 Å². The summed E-state index contributed by atoms with van der Waals surface area (Å²) in [6.07, 6.45) is 0.841. The van der Waals surface area contributed by atoms with Crippen molar-refractivity contribution >= 4 is 40.5 Å². The van der Waals surface area contributed by atoms with Crippen molar-refractivity contribution in [1.29, 1.82) is 0 Å². The summed E-state index contributed by atoms with van der Waals surface area (Å²) in [6.45, 7) is 2.02. The van der Waals surface area contributed by atoms with Crippen molar-refractivity contribution in [1.82, 2.24) is 10.9 Å². The van der Waals surface area contributed by atoms with Gasteiger partial charge in [-0.3, -0.25) is 15.6 Å². The van der Waals surface area contributed by atoms with E-state index in [4.69, 9.17) is 23.8 Å². The van der Waals surface area contributed by atoms with Crippen molar-refractivity contribution in [2.45, 2.75) is 19.3 Å². The van der Waals surface area contributed by atoms with Gasteiger partial charge in [-0.05, 0) is 61.3 Å². The van der Waals surface area contributed by atoms with Gasteiger partial charge in [0, 0.05) is 16.6 Å². The largest absolute Gasteiger partial charge is 0.331 e. The number of halogens is 1. The number of aryl methyl sites for hydroxylation is 1. The number of carbonyl (C=O) groups is 1. The van der Waals surface area contributed by atoms with Gasteiger partial charge < -0.3 is 5.32 Å². The number of benzene rings is 2. The van der Waals surface area contributed by atoms with Gasteiger partial charge in [-0.15, -0.1) is 0 Å². The summed E-state index contributed by atoms with van der Waals surface area (Å²) in [5.41, 5.74) is 8.60. The number of carbonyl (C=O) groups excluding carboxylic acids is 1. The second kappa shape index (κ2) is 7.20. The summed E-state index contributed by atoms with van der Waals surface area (Å²) in [5, 5.41) is 4.08. The molecule has 1 amide bonds. The first kappa shape index (κ1) is 16.7. The average Bonchev–Trinajstić information content (AvgIpc) is 3.36. The van der Waals surface area contributed by atoms with Gasteiger partial charge in [0.2, 0.25) is 5.91 Å². The van der Waals surface area contributed by atoms with Crippen LogP contribution in [-0.2, 0) is 4.79 Å². The molecular formula is C18H18ClN3OS. The van der Waals surface area contributed by atoms with Crippen molar-refractivity contribution in [3.05, 3.63) is 64.7 Å². The van der Waals surface area contributed by atoms with Gasteiger partial charge in [-0.2, -0.15) is 0 Å². The van der Waals surface area contributed by atoms with Crippen LogP contribution in [0.4, 0.5) is 5.69 Å². The number of nitrogens with one attached hydrogen (secondary N) is 3. The average molecular weight is 360 g/mol. The zero-order valence-electron chi connectivity index (χ0n) is 13.2. The van der Waals surface area contributed by atoms with Crippen LogP contribution in [0.15, 0.2) is 48.5 Å². The molecule has 0 saturated heterocycles. The molecule has 1 aliphatic carbocycles. The fourth-order valence-corrected chi connectivity index (χ4v) is 2.87. The Balaban J connectivity index is 1.45. The van der Waals surface area contributed by atoms with E-state index in [-0.39, 0.29) is 17.7 Å². The van der Waals surface area contributed by atoms with Crippen LogP contribution in [0.1, 0.15) is 23.5 Å². The number of thiocarbonyl (C=S) groups is 1. The van der Waals surface area contributed by atoms with E-state index < -0.39 is 0 Å². The monoisotopic (exact) mass is 359 g/mol. The Morgan fingerprint density at radius 1 is 1.08 bits per heavy atom. The number of hydrazine groups is 1. The van der Waals surface area contributed by atoms with Gasteiger partial charge in [-0.1, -0.05) is 41.4 Å². The molecule has 0 aromatic heterocycles. The van der Waals surface area contributed by atoms with Crippen molar-refractivity contribution in [3.8, 4) is 0 Å². The standard InChI is InChI=1S/C18H18ClN3OS/c1-11-2-8-14(9-3-11)20-18(24)22-21-17(23)16-10-15(16)12-4-6-13(19)7-5-12/h2-9,15-16H,10H2,1H3,(H,21,23)(H2,20,22,24)/t15-,16-/m0/s1. The topological polar surface area (TPSA) is 53.2 Å². The second-order valence-corrected chi connectivity index (χ2v) is 6.78. The van der Waals surface area contributed by atoms with E-state index in [1.165, 1.54) is 5.56 Å². The van der Waals surface area contributed by atoms with Gasteiger partial charge in [0.15, 0.2) is 5.11 Å². The summed E-state index contributed by atoms with van der Waals surface area (Å²) in [5.74, 6) is 0.173. The zero-order valence-corrected chi connectivity index (χ0v) is 14.7. The third-order valence-corrected chi connectivity index (χ3v) is 4.49. The SMILES string of the molecule is Cc1ccc(NC(=S)NNC(=O)[C@H]2C[C@H]2c2ccc(Cl)cc2)cc1. The molecule has 0 radical (unpaired) electrons. The molecule has 2 atom stereocenters. The maximum absolute atomic E-state index is 12.2. The third-order valence-electron chi connectivity index (χ3n) is 4.03. The highest BCUT2D eigenvalue weighted by atomic mass is 35.5. The van der Waals surface area contributed by atoms with Crippen molar-refractivity contribution < 1.29 is 4.79 Å². The Hall–Kier alpha value is -2.11. The van der Waals surface area contributed by atoms with Crippen molar-refractivity contribution in [2.24, 2.45) is 5.92 Å². The maximum atomic E-state index is 12.2. The molecule has 0 spiro atoms. The Labute approximate surface area is 151 Å². The number of rotatable bonds is 3. The van der Waals surface area contributed by atoms with Crippen LogP contribution < -0.4 is 16.2 Å². The fourth-order valence-electron chi connectivity index (χ4n) is 2.57. The van der Waals surface area contributed by atoms with Gasteiger partial charge in [-0.25, -0.2) is 0 Å². The van der Waals surface area contributed by atoms with E-state index in [1.54, 1.807) is 0 Å². The van der Waals surface area contributed by atoms with Gasteiger partial charge >= 0.3 is 0 Å². The molecular weight excluding hydrogens is 342 g/mol. The smallest absolute Gasteiger partial charge is 0.242 e. The lowest BCUT2D eigenvalue weighted by Gasteiger charge is -2.11. The van der Waals surface area contributed by atoms with Crippen LogP contribution in [0.5, 0.6) is 0 Å². The molecule has 1 aliphatic rings. The minimum absolute atomic E-state index is 0.0270. The lowest BCUT2D eigenvalue weighted by molar-refractivity contribution is -0.122. The van der Waals surface area contributed by atoms with Crippen LogP contribution in [0.3, 0.4) is 0 Å². The highest BCUT2D eigenvalue weighted by Gasteiger charge is 2.43. The first-order chi connectivity index (χ1) is 11.5. The van der Waals surface area contributed by atoms with Crippen molar-refractivity contribution in [2.75, 3.05) is 5.32 Å². The minimum atomic E-state index is -0.0528. The molecule has 6 heteroatoms. The summed E-state index contributed by atoms with van der Waals surface area (Å²) >= 11 is 11.1. The maximum Gasteiger partial charge on any atom is 0.242 e. The second-order valence-electron chi connectivity index (χ2n) is 5.93. The molecule has 1 saturated carbocycles. The van der Waals surface area contributed by atoms with Crippen LogP contribution in [0, 0.1) is 12.8 Å². The van der Waals surface area contributed by atoms with Gasteiger partial charge in [0.05, 0.1) is 0 Å².